The topological polar surface area (TPSA) is 42.2 Å². The molecular weight excluding hydrogens is 301 g/mol. The summed E-state index contributed by atoms with van der Waals surface area (Å²) in [7, 11) is 0. The molecule has 0 bridgehead atoms. The molecular formula is C13H11F3N4S. The summed E-state index contributed by atoms with van der Waals surface area (Å²) in [5.74, 6) is 0. The molecule has 0 amide bonds. The van der Waals surface area contributed by atoms with Crippen molar-refractivity contribution >= 4 is 22.1 Å². The van der Waals surface area contributed by atoms with E-state index >= 15 is 0 Å². The molecule has 0 spiro atoms. The van der Waals surface area contributed by atoms with Gasteiger partial charge in [-0.25, -0.2) is 9.97 Å². The van der Waals surface area contributed by atoms with Crippen LogP contribution >= 0.6 is 11.3 Å². The summed E-state index contributed by atoms with van der Waals surface area (Å²) < 4.78 is 39.4. The van der Waals surface area contributed by atoms with E-state index in [1.165, 1.54) is 0 Å². The Morgan fingerprint density at radius 3 is 2.81 bits per heavy atom. The summed E-state index contributed by atoms with van der Waals surface area (Å²) >= 11 is 0.587. The Balaban J connectivity index is 1.74. The molecule has 4 nitrogen and oxygen atoms in total. The first kappa shape index (κ1) is 13.9. The number of rotatable bonds is 3. The lowest BCUT2D eigenvalue weighted by Crippen LogP contribution is -2.00. The summed E-state index contributed by atoms with van der Waals surface area (Å²) in [5.41, 5.74) is 2.59. The van der Waals surface area contributed by atoms with Gasteiger partial charge < -0.3 is 9.72 Å². The fourth-order valence-electron chi connectivity index (χ4n) is 1.94. The molecule has 3 aromatic heterocycles. The van der Waals surface area contributed by atoms with Gasteiger partial charge in [0.1, 0.15) is 10.5 Å². The van der Waals surface area contributed by atoms with Gasteiger partial charge in [-0.15, -0.1) is 0 Å². The molecule has 3 rings (SSSR count). The summed E-state index contributed by atoms with van der Waals surface area (Å²) in [5, 5.41) is 3.10. The van der Waals surface area contributed by atoms with Crippen molar-refractivity contribution in [3.05, 3.63) is 46.9 Å². The second kappa shape index (κ2) is 5.03. The highest BCUT2D eigenvalue weighted by molar-refractivity contribution is 7.15. The SMILES string of the molecule is Cc1cccc2nc(CNc3ncc(C(F)(F)F)s3)cn12. The number of alkyl halides is 3. The number of aromatic nitrogens is 3. The van der Waals surface area contributed by atoms with Crippen LogP contribution < -0.4 is 5.32 Å². The number of nitrogens with one attached hydrogen (secondary N) is 1. The molecule has 0 aliphatic rings. The average molecular weight is 312 g/mol. The number of hydrogen-bond donors (Lipinski definition) is 1. The highest BCUT2D eigenvalue weighted by Crippen LogP contribution is 2.35. The minimum absolute atomic E-state index is 0.233. The minimum Gasteiger partial charge on any atom is -0.356 e. The van der Waals surface area contributed by atoms with Crippen LogP contribution in [0.2, 0.25) is 0 Å². The molecule has 0 fully saturated rings. The zero-order valence-corrected chi connectivity index (χ0v) is 11.8. The zero-order chi connectivity index (χ0) is 15.0. The molecule has 0 radical (unpaired) electrons. The first-order valence-electron chi connectivity index (χ1n) is 6.14. The Bertz CT molecular complexity index is 775. The molecule has 3 heterocycles. The Labute approximate surface area is 122 Å². The predicted octanol–water partition coefficient (Wildman–Crippen LogP) is 3.73. The number of thiazole rings is 1. The smallest absolute Gasteiger partial charge is 0.356 e. The van der Waals surface area contributed by atoms with Crippen LogP contribution in [-0.2, 0) is 12.7 Å². The van der Waals surface area contributed by atoms with E-state index in [9.17, 15) is 13.2 Å². The maximum Gasteiger partial charge on any atom is 0.427 e. The van der Waals surface area contributed by atoms with Crippen LogP contribution in [0.5, 0.6) is 0 Å². The van der Waals surface area contributed by atoms with Gasteiger partial charge in [0.2, 0.25) is 0 Å². The van der Waals surface area contributed by atoms with Crippen LogP contribution in [0.1, 0.15) is 16.3 Å². The van der Waals surface area contributed by atoms with Gasteiger partial charge in [0.15, 0.2) is 5.13 Å². The van der Waals surface area contributed by atoms with E-state index in [4.69, 9.17) is 0 Å². The van der Waals surface area contributed by atoms with Crippen LogP contribution in [0.4, 0.5) is 18.3 Å². The van der Waals surface area contributed by atoms with Gasteiger partial charge in [0.25, 0.3) is 0 Å². The van der Waals surface area contributed by atoms with Crippen molar-refractivity contribution < 1.29 is 13.2 Å². The van der Waals surface area contributed by atoms with Crippen molar-refractivity contribution in [3.63, 3.8) is 0 Å². The van der Waals surface area contributed by atoms with Gasteiger partial charge in [-0.2, -0.15) is 13.2 Å². The molecule has 1 N–H and O–H groups in total. The van der Waals surface area contributed by atoms with Crippen molar-refractivity contribution in [1.29, 1.82) is 0 Å². The lowest BCUT2D eigenvalue weighted by atomic mass is 10.4. The molecule has 0 aliphatic carbocycles. The molecule has 0 saturated carbocycles. The molecule has 110 valence electrons. The molecule has 0 unspecified atom stereocenters. The zero-order valence-electron chi connectivity index (χ0n) is 11.0. The van der Waals surface area contributed by atoms with E-state index in [2.05, 4.69) is 15.3 Å². The van der Waals surface area contributed by atoms with Crippen molar-refractivity contribution in [2.75, 3.05) is 5.32 Å². The first-order valence-corrected chi connectivity index (χ1v) is 6.95. The monoisotopic (exact) mass is 312 g/mol. The molecule has 0 saturated heterocycles. The van der Waals surface area contributed by atoms with Gasteiger partial charge in [-0.1, -0.05) is 17.4 Å². The standard InChI is InChI=1S/C13H11F3N4S/c1-8-3-2-4-11-19-9(7-20(8)11)5-17-12-18-6-10(21-12)13(14,15)16/h2-4,6-7H,5H2,1H3,(H,17,18). The second-order valence-electron chi connectivity index (χ2n) is 4.51. The molecule has 8 heteroatoms. The quantitative estimate of drug-likeness (QED) is 0.801. The predicted molar refractivity (Wildman–Crippen MR) is 74.4 cm³/mol. The fraction of sp³-hybridized carbons (Fsp3) is 0.231. The van der Waals surface area contributed by atoms with Gasteiger partial charge in [-0.3, -0.25) is 0 Å². The van der Waals surface area contributed by atoms with Gasteiger partial charge in [0, 0.05) is 11.9 Å². The number of nitrogens with zero attached hydrogens (tertiary/aromatic N) is 3. The summed E-state index contributed by atoms with van der Waals surface area (Å²) in [6.45, 7) is 2.29. The Kier molecular flexibility index (Phi) is 3.32. The number of anilines is 1. The lowest BCUT2D eigenvalue weighted by molar-refractivity contribution is -0.134. The second-order valence-corrected chi connectivity index (χ2v) is 5.54. The summed E-state index contributed by atoms with van der Waals surface area (Å²) in [4.78, 5) is 7.41. The third-order valence-electron chi connectivity index (χ3n) is 2.95. The van der Waals surface area contributed by atoms with E-state index in [-0.39, 0.29) is 5.13 Å². The van der Waals surface area contributed by atoms with Gasteiger partial charge in [-0.05, 0) is 19.1 Å². The van der Waals surface area contributed by atoms with Crippen LogP contribution in [0.25, 0.3) is 5.65 Å². The van der Waals surface area contributed by atoms with E-state index in [0.717, 1.165) is 23.2 Å². The summed E-state index contributed by atoms with van der Waals surface area (Å²) in [6.07, 6.45) is -1.66. The number of fused-ring (bicyclic) bond motifs is 1. The van der Waals surface area contributed by atoms with E-state index in [1.807, 2.05) is 35.7 Å². The molecule has 0 aromatic carbocycles. The van der Waals surface area contributed by atoms with E-state index in [1.54, 1.807) is 0 Å². The first-order chi connectivity index (χ1) is 9.93. The average Bonchev–Trinajstić information content (AvgIpc) is 3.02. The van der Waals surface area contributed by atoms with Crippen molar-refractivity contribution in [2.24, 2.45) is 0 Å². The number of aryl methyl sites for hydroxylation is 1. The lowest BCUT2D eigenvalue weighted by Gasteiger charge is -2.00. The number of hydrogen-bond acceptors (Lipinski definition) is 4. The van der Waals surface area contributed by atoms with E-state index < -0.39 is 11.1 Å². The molecule has 3 aromatic rings. The Morgan fingerprint density at radius 2 is 2.14 bits per heavy atom. The minimum atomic E-state index is -4.35. The van der Waals surface area contributed by atoms with E-state index in [0.29, 0.717) is 17.9 Å². The maximum absolute atomic E-state index is 12.5. The van der Waals surface area contributed by atoms with Crippen LogP contribution in [0.15, 0.2) is 30.6 Å². The van der Waals surface area contributed by atoms with Crippen molar-refractivity contribution in [3.8, 4) is 0 Å². The molecule has 0 atom stereocenters. The fourth-order valence-corrected chi connectivity index (χ4v) is 2.62. The third kappa shape index (κ3) is 2.85. The van der Waals surface area contributed by atoms with Gasteiger partial charge in [0.05, 0.1) is 18.4 Å². The number of halogens is 3. The number of imidazole rings is 1. The maximum atomic E-state index is 12.5. The number of pyridine rings is 1. The highest BCUT2D eigenvalue weighted by Gasteiger charge is 2.33. The normalized spacial score (nSPS) is 12.0. The van der Waals surface area contributed by atoms with Crippen molar-refractivity contribution in [2.45, 2.75) is 19.6 Å². The third-order valence-corrected chi connectivity index (χ3v) is 3.95. The molecule has 0 aliphatic heterocycles. The van der Waals surface area contributed by atoms with Crippen LogP contribution in [-0.4, -0.2) is 14.4 Å². The molecule has 21 heavy (non-hydrogen) atoms. The van der Waals surface area contributed by atoms with Crippen LogP contribution in [0, 0.1) is 6.92 Å². The summed E-state index contributed by atoms with van der Waals surface area (Å²) in [6, 6.07) is 5.75. The van der Waals surface area contributed by atoms with Crippen LogP contribution in [0.3, 0.4) is 0 Å². The Hall–Kier alpha value is -2.09. The van der Waals surface area contributed by atoms with Crippen molar-refractivity contribution in [1.82, 2.24) is 14.4 Å². The Morgan fingerprint density at radius 1 is 1.33 bits per heavy atom. The highest BCUT2D eigenvalue weighted by atomic mass is 32.1. The largest absolute Gasteiger partial charge is 0.427 e. The van der Waals surface area contributed by atoms with Gasteiger partial charge >= 0.3 is 6.18 Å².